The Bertz CT molecular complexity index is 1790. The summed E-state index contributed by atoms with van der Waals surface area (Å²) in [4.78, 5) is 22.4. The highest BCUT2D eigenvalue weighted by molar-refractivity contribution is 5.88. The normalized spacial score (nSPS) is 13.6. The van der Waals surface area contributed by atoms with E-state index in [1.165, 1.54) is 6.07 Å². The number of hydrogen-bond donors (Lipinski definition) is 1. The predicted molar refractivity (Wildman–Crippen MR) is 167 cm³/mol. The average molecular weight is 596 g/mol. The lowest BCUT2D eigenvalue weighted by molar-refractivity contribution is 0.0357. The van der Waals surface area contributed by atoms with Crippen molar-refractivity contribution in [3.63, 3.8) is 0 Å². The Balaban J connectivity index is 1.21. The zero-order valence-electron chi connectivity index (χ0n) is 24.6. The van der Waals surface area contributed by atoms with Crippen LogP contribution in [0.2, 0.25) is 0 Å². The molecule has 0 unspecified atom stereocenters. The summed E-state index contributed by atoms with van der Waals surface area (Å²) in [7, 11) is 1.58. The van der Waals surface area contributed by atoms with Gasteiger partial charge in [0.25, 0.3) is 5.56 Å². The van der Waals surface area contributed by atoms with Crippen molar-refractivity contribution in [3.8, 4) is 34.1 Å². The molecule has 1 aliphatic heterocycles. The average Bonchev–Trinajstić information content (AvgIpc) is 3.05. The number of rotatable bonds is 11. The van der Waals surface area contributed by atoms with Gasteiger partial charge in [-0.1, -0.05) is 36.4 Å². The number of pyridine rings is 2. The zero-order chi connectivity index (χ0) is 30.3. The van der Waals surface area contributed by atoms with E-state index in [0.29, 0.717) is 52.3 Å². The van der Waals surface area contributed by atoms with E-state index in [4.69, 9.17) is 18.9 Å². The molecule has 0 amide bonds. The maximum Gasteiger partial charge on any atom is 0.256 e. The Morgan fingerprint density at radius 3 is 2.59 bits per heavy atom. The molecule has 44 heavy (non-hydrogen) atoms. The van der Waals surface area contributed by atoms with Gasteiger partial charge in [-0.25, -0.2) is 4.39 Å². The van der Waals surface area contributed by atoms with Crippen molar-refractivity contribution in [1.29, 1.82) is 0 Å². The summed E-state index contributed by atoms with van der Waals surface area (Å²) in [6.45, 7) is 4.89. The molecule has 0 saturated carbocycles. The molecule has 1 N–H and O–H groups in total. The molecule has 3 heterocycles. The molecule has 0 bridgehead atoms. The maximum absolute atomic E-state index is 15.5. The molecular formula is C35H34FN3O5. The molecule has 0 atom stereocenters. The lowest BCUT2D eigenvalue weighted by Crippen LogP contribution is -2.37. The van der Waals surface area contributed by atoms with Gasteiger partial charge >= 0.3 is 0 Å². The smallest absolute Gasteiger partial charge is 0.256 e. The first-order chi connectivity index (χ1) is 21.6. The molecule has 1 saturated heterocycles. The fraction of sp³-hybridized carbons (Fsp3) is 0.257. The van der Waals surface area contributed by atoms with E-state index in [9.17, 15) is 4.79 Å². The van der Waals surface area contributed by atoms with E-state index >= 15 is 4.39 Å². The van der Waals surface area contributed by atoms with E-state index in [1.54, 1.807) is 43.8 Å². The SMILES string of the molecule is COc1cc2c(Oc3ccc(-c4c(Cc5ccccc5)cc[nH]c4=O)cc3F)ccnc2cc1OCCCN1CCOCC1. The van der Waals surface area contributed by atoms with Crippen LogP contribution in [0, 0.1) is 5.82 Å². The van der Waals surface area contributed by atoms with E-state index < -0.39 is 5.82 Å². The third-order valence-corrected chi connectivity index (χ3v) is 7.69. The van der Waals surface area contributed by atoms with Crippen LogP contribution in [0.3, 0.4) is 0 Å². The number of methoxy groups -OCH3 is 1. The van der Waals surface area contributed by atoms with Crippen molar-refractivity contribution >= 4 is 10.9 Å². The lowest BCUT2D eigenvalue weighted by atomic mass is 9.96. The summed E-state index contributed by atoms with van der Waals surface area (Å²) in [6, 6.07) is 21.6. The van der Waals surface area contributed by atoms with Crippen LogP contribution < -0.4 is 19.8 Å². The van der Waals surface area contributed by atoms with Crippen LogP contribution in [0.5, 0.6) is 23.0 Å². The highest BCUT2D eigenvalue weighted by atomic mass is 19.1. The molecule has 5 aromatic rings. The second-order valence-electron chi connectivity index (χ2n) is 10.6. The third kappa shape index (κ3) is 6.74. The Labute approximate surface area is 255 Å². The molecule has 0 aliphatic carbocycles. The van der Waals surface area contributed by atoms with Crippen molar-refractivity contribution < 1.29 is 23.3 Å². The Morgan fingerprint density at radius 1 is 0.955 bits per heavy atom. The minimum absolute atomic E-state index is 0.0284. The van der Waals surface area contributed by atoms with Gasteiger partial charge in [0.1, 0.15) is 5.75 Å². The van der Waals surface area contributed by atoms with Crippen molar-refractivity contribution in [1.82, 2.24) is 14.9 Å². The van der Waals surface area contributed by atoms with E-state index in [1.807, 2.05) is 42.5 Å². The van der Waals surface area contributed by atoms with Crippen molar-refractivity contribution in [2.24, 2.45) is 0 Å². The molecular weight excluding hydrogens is 561 g/mol. The number of H-pyrrole nitrogens is 1. The predicted octanol–water partition coefficient (Wildman–Crippen LogP) is 6.22. The first-order valence-corrected chi connectivity index (χ1v) is 14.7. The number of nitrogens with zero attached hydrogens (tertiary/aromatic N) is 2. The number of benzene rings is 3. The maximum atomic E-state index is 15.5. The zero-order valence-corrected chi connectivity index (χ0v) is 24.6. The Kier molecular flexibility index (Phi) is 9.14. The van der Waals surface area contributed by atoms with Gasteiger partial charge in [-0.2, -0.15) is 0 Å². The monoisotopic (exact) mass is 595 g/mol. The quantitative estimate of drug-likeness (QED) is 0.182. The van der Waals surface area contributed by atoms with Gasteiger partial charge in [-0.05, 0) is 59.9 Å². The van der Waals surface area contributed by atoms with Gasteiger partial charge in [0, 0.05) is 43.5 Å². The van der Waals surface area contributed by atoms with E-state index in [2.05, 4.69) is 14.9 Å². The van der Waals surface area contributed by atoms with Crippen LogP contribution in [-0.2, 0) is 11.2 Å². The van der Waals surface area contributed by atoms with Crippen LogP contribution in [0.15, 0.2) is 90.0 Å². The summed E-state index contributed by atoms with van der Waals surface area (Å²) < 4.78 is 38.7. The second kappa shape index (κ2) is 13.7. The molecule has 2 aromatic heterocycles. The number of nitrogens with one attached hydrogen (secondary N) is 1. The molecule has 9 heteroatoms. The minimum Gasteiger partial charge on any atom is -0.493 e. The minimum atomic E-state index is -0.589. The Hall–Kier alpha value is -4.73. The van der Waals surface area contributed by atoms with Gasteiger partial charge in [0.05, 0.1) is 38.0 Å². The number of aromatic nitrogens is 2. The van der Waals surface area contributed by atoms with Crippen molar-refractivity contribution in [3.05, 3.63) is 112 Å². The molecule has 3 aromatic carbocycles. The largest absolute Gasteiger partial charge is 0.493 e. The van der Waals surface area contributed by atoms with Crippen LogP contribution in [0.1, 0.15) is 17.5 Å². The molecule has 0 spiro atoms. The lowest BCUT2D eigenvalue weighted by Gasteiger charge is -2.26. The highest BCUT2D eigenvalue weighted by Crippen LogP contribution is 2.38. The van der Waals surface area contributed by atoms with E-state index in [-0.39, 0.29) is 11.3 Å². The number of fused-ring (bicyclic) bond motifs is 1. The fourth-order valence-corrected chi connectivity index (χ4v) is 5.44. The summed E-state index contributed by atoms with van der Waals surface area (Å²) >= 11 is 0. The molecule has 226 valence electrons. The molecule has 6 rings (SSSR count). The fourth-order valence-electron chi connectivity index (χ4n) is 5.44. The van der Waals surface area contributed by atoms with Gasteiger partial charge in [-0.3, -0.25) is 14.7 Å². The van der Waals surface area contributed by atoms with Crippen LogP contribution in [0.25, 0.3) is 22.0 Å². The summed E-state index contributed by atoms with van der Waals surface area (Å²) in [6.07, 6.45) is 4.64. The standard InChI is InChI=1S/C35H34FN3O5/c1-41-32-22-27-29(23-33(32)43-17-5-14-39-15-18-42-19-16-39)37-13-11-30(27)44-31-9-8-25(21-28(31)36)34-26(10-12-38-35(34)40)20-24-6-3-2-4-7-24/h2-4,6-13,21-23H,5,14-20H2,1H3,(H,38,40). The molecule has 1 aliphatic rings. The molecule has 1 fully saturated rings. The van der Waals surface area contributed by atoms with Gasteiger partial charge in [0.15, 0.2) is 23.1 Å². The molecule has 0 radical (unpaired) electrons. The number of halogens is 1. The molecule has 8 nitrogen and oxygen atoms in total. The number of hydrogen-bond acceptors (Lipinski definition) is 7. The first-order valence-electron chi connectivity index (χ1n) is 14.7. The van der Waals surface area contributed by atoms with Crippen LogP contribution >= 0.6 is 0 Å². The van der Waals surface area contributed by atoms with Crippen LogP contribution in [0.4, 0.5) is 4.39 Å². The first kappa shape index (κ1) is 29.3. The third-order valence-electron chi connectivity index (χ3n) is 7.69. The van der Waals surface area contributed by atoms with Gasteiger partial charge in [0.2, 0.25) is 0 Å². The van der Waals surface area contributed by atoms with Crippen molar-refractivity contribution in [2.75, 3.05) is 46.6 Å². The second-order valence-corrected chi connectivity index (χ2v) is 10.6. The number of morpholine rings is 1. The summed E-state index contributed by atoms with van der Waals surface area (Å²) in [5, 5.41) is 0.651. The summed E-state index contributed by atoms with van der Waals surface area (Å²) in [5.41, 5.74) is 3.11. The van der Waals surface area contributed by atoms with Gasteiger partial charge < -0.3 is 23.9 Å². The summed E-state index contributed by atoms with van der Waals surface area (Å²) in [5.74, 6) is 0.976. The highest BCUT2D eigenvalue weighted by Gasteiger charge is 2.17. The van der Waals surface area contributed by atoms with Crippen molar-refractivity contribution in [2.45, 2.75) is 12.8 Å². The van der Waals surface area contributed by atoms with Crippen LogP contribution in [-0.4, -0.2) is 61.4 Å². The topological polar surface area (TPSA) is 85.9 Å². The number of ether oxygens (including phenoxy) is 4. The Morgan fingerprint density at radius 2 is 1.80 bits per heavy atom. The number of aromatic amines is 1. The van der Waals surface area contributed by atoms with Gasteiger partial charge in [-0.15, -0.1) is 0 Å². The van der Waals surface area contributed by atoms with E-state index in [0.717, 1.165) is 50.4 Å².